The molecule has 1 aliphatic heterocycles. The summed E-state index contributed by atoms with van der Waals surface area (Å²) in [7, 11) is 1.77. The number of aryl methyl sites for hydroxylation is 2. The fraction of sp³-hybridized carbons (Fsp3) is 0.267. The average Bonchev–Trinajstić information content (AvgIpc) is 2.73. The first-order valence-electron chi connectivity index (χ1n) is 6.39. The molecule has 0 saturated carbocycles. The van der Waals surface area contributed by atoms with Crippen molar-refractivity contribution in [1.29, 1.82) is 0 Å². The Morgan fingerprint density at radius 3 is 2.79 bits per heavy atom. The Labute approximate surface area is 112 Å². The number of fused-ring (bicyclic) bond motifs is 1. The van der Waals surface area contributed by atoms with Crippen LogP contribution in [0, 0.1) is 0 Å². The molecule has 0 unspecified atom stereocenters. The van der Waals surface area contributed by atoms with Gasteiger partial charge in [-0.25, -0.2) is 9.97 Å². The highest BCUT2D eigenvalue weighted by Gasteiger charge is 2.25. The molecule has 2 aromatic rings. The first-order chi connectivity index (χ1) is 9.24. The number of likely N-dealkylation sites (N-methyl/N-ethyl adjacent to an activating group) is 1. The minimum Gasteiger partial charge on any atom is -0.299 e. The maximum atomic E-state index is 11.6. The summed E-state index contributed by atoms with van der Waals surface area (Å²) in [6.07, 6.45) is 3.91. The van der Waals surface area contributed by atoms with E-state index in [-0.39, 0.29) is 5.91 Å². The van der Waals surface area contributed by atoms with E-state index >= 15 is 0 Å². The van der Waals surface area contributed by atoms with Gasteiger partial charge in [0.05, 0.1) is 6.42 Å². The summed E-state index contributed by atoms with van der Waals surface area (Å²) >= 11 is 0. The van der Waals surface area contributed by atoms with Crippen LogP contribution in [0.1, 0.15) is 17.0 Å². The molecular formula is C15H15N3O. The molecule has 1 aliphatic rings. The normalized spacial score (nSPS) is 13.7. The molecule has 0 atom stereocenters. The van der Waals surface area contributed by atoms with Crippen molar-refractivity contribution in [2.24, 2.45) is 0 Å². The molecular weight excluding hydrogens is 238 g/mol. The quantitative estimate of drug-likeness (QED) is 0.837. The van der Waals surface area contributed by atoms with Gasteiger partial charge >= 0.3 is 0 Å². The van der Waals surface area contributed by atoms with Crippen LogP contribution in [0.15, 0.2) is 36.5 Å². The molecule has 1 aromatic carbocycles. The van der Waals surface area contributed by atoms with Crippen molar-refractivity contribution in [3.63, 3.8) is 0 Å². The average molecular weight is 253 g/mol. The molecule has 3 rings (SSSR count). The number of hydrogen-bond donors (Lipinski definition) is 0. The van der Waals surface area contributed by atoms with E-state index in [9.17, 15) is 4.79 Å². The zero-order chi connectivity index (χ0) is 13.2. The molecule has 0 N–H and O–H groups in total. The number of amides is 1. The summed E-state index contributed by atoms with van der Waals surface area (Å²) in [5.41, 5.74) is 2.20. The first-order valence-corrected chi connectivity index (χ1v) is 6.39. The molecule has 4 nitrogen and oxygen atoms in total. The third kappa shape index (κ3) is 2.34. The fourth-order valence-electron chi connectivity index (χ4n) is 2.27. The summed E-state index contributed by atoms with van der Waals surface area (Å²) < 4.78 is 0. The third-order valence-electron chi connectivity index (χ3n) is 3.41. The molecule has 2 heterocycles. The standard InChI is InChI=1S/C15H15N3O/c1-18-14(19)9-12-10-16-13(17-15(12)18)8-7-11-5-3-2-4-6-11/h2-6,10H,7-9H2,1H3. The summed E-state index contributed by atoms with van der Waals surface area (Å²) in [5, 5.41) is 0. The molecule has 0 spiro atoms. The summed E-state index contributed by atoms with van der Waals surface area (Å²) in [4.78, 5) is 22.0. The number of nitrogens with zero attached hydrogens (tertiary/aromatic N) is 3. The zero-order valence-corrected chi connectivity index (χ0v) is 10.8. The van der Waals surface area contributed by atoms with Gasteiger partial charge in [-0.05, 0) is 12.0 Å². The Kier molecular flexibility index (Phi) is 2.99. The highest BCUT2D eigenvalue weighted by atomic mass is 16.2. The second-order valence-electron chi connectivity index (χ2n) is 4.75. The summed E-state index contributed by atoms with van der Waals surface area (Å²) in [5.74, 6) is 1.65. The van der Waals surface area contributed by atoms with E-state index in [1.54, 1.807) is 18.1 Å². The van der Waals surface area contributed by atoms with Crippen LogP contribution in [0.5, 0.6) is 0 Å². The topological polar surface area (TPSA) is 46.1 Å². The van der Waals surface area contributed by atoms with Crippen LogP contribution in [0.3, 0.4) is 0 Å². The zero-order valence-electron chi connectivity index (χ0n) is 10.8. The van der Waals surface area contributed by atoms with Gasteiger partial charge in [-0.1, -0.05) is 30.3 Å². The Bertz CT molecular complexity index is 610. The van der Waals surface area contributed by atoms with E-state index in [4.69, 9.17) is 0 Å². The maximum Gasteiger partial charge on any atom is 0.232 e. The summed E-state index contributed by atoms with van der Waals surface area (Å²) in [6.45, 7) is 0. The molecule has 19 heavy (non-hydrogen) atoms. The lowest BCUT2D eigenvalue weighted by atomic mass is 10.1. The molecule has 0 radical (unpaired) electrons. The van der Waals surface area contributed by atoms with Gasteiger partial charge in [0.1, 0.15) is 11.6 Å². The molecule has 0 bridgehead atoms. The van der Waals surface area contributed by atoms with Crippen LogP contribution in [-0.2, 0) is 24.1 Å². The lowest BCUT2D eigenvalue weighted by molar-refractivity contribution is -0.117. The lowest BCUT2D eigenvalue weighted by Crippen LogP contribution is -2.21. The van der Waals surface area contributed by atoms with Gasteiger partial charge < -0.3 is 0 Å². The van der Waals surface area contributed by atoms with Crippen molar-refractivity contribution in [2.75, 3.05) is 11.9 Å². The Balaban J connectivity index is 1.75. The number of benzene rings is 1. The second kappa shape index (κ2) is 4.80. The van der Waals surface area contributed by atoms with Crippen molar-refractivity contribution < 1.29 is 4.79 Å². The lowest BCUT2D eigenvalue weighted by Gasteiger charge is -2.09. The Hall–Kier alpha value is -2.23. The molecule has 96 valence electrons. The molecule has 1 amide bonds. The van der Waals surface area contributed by atoms with Crippen molar-refractivity contribution >= 4 is 11.7 Å². The van der Waals surface area contributed by atoms with Gasteiger partial charge in [0.25, 0.3) is 0 Å². The fourth-order valence-corrected chi connectivity index (χ4v) is 2.27. The number of rotatable bonds is 3. The van der Waals surface area contributed by atoms with E-state index < -0.39 is 0 Å². The van der Waals surface area contributed by atoms with Gasteiger partial charge in [-0.2, -0.15) is 0 Å². The Morgan fingerprint density at radius 2 is 2.00 bits per heavy atom. The van der Waals surface area contributed by atoms with Crippen molar-refractivity contribution in [3.8, 4) is 0 Å². The third-order valence-corrected chi connectivity index (χ3v) is 3.41. The van der Waals surface area contributed by atoms with Gasteiger partial charge in [-0.15, -0.1) is 0 Å². The monoisotopic (exact) mass is 253 g/mol. The number of anilines is 1. The second-order valence-corrected chi connectivity index (χ2v) is 4.75. The van der Waals surface area contributed by atoms with E-state index in [0.29, 0.717) is 6.42 Å². The van der Waals surface area contributed by atoms with E-state index in [2.05, 4.69) is 22.1 Å². The Morgan fingerprint density at radius 1 is 1.21 bits per heavy atom. The SMILES string of the molecule is CN1C(=O)Cc2cnc(CCc3ccccc3)nc21. The predicted molar refractivity (Wildman–Crippen MR) is 73.0 cm³/mol. The van der Waals surface area contributed by atoms with Crippen LogP contribution in [0.2, 0.25) is 0 Å². The highest BCUT2D eigenvalue weighted by Crippen LogP contribution is 2.24. The van der Waals surface area contributed by atoms with Gasteiger partial charge in [0.15, 0.2) is 0 Å². The van der Waals surface area contributed by atoms with Gasteiger partial charge in [0.2, 0.25) is 5.91 Å². The summed E-state index contributed by atoms with van der Waals surface area (Å²) in [6, 6.07) is 10.3. The van der Waals surface area contributed by atoms with E-state index in [1.807, 2.05) is 18.2 Å². The first kappa shape index (κ1) is 11.8. The van der Waals surface area contributed by atoms with Crippen LogP contribution in [0.4, 0.5) is 5.82 Å². The van der Waals surface area contributed by atoms with Crippen LogP contribution in [0.25, 0.3) is 0 Å². The van der Waals surface area contributed by atoms with Crippen LogP contribution < -0.4 is 4.90 Å². The molecule has 0 fully saturated rings. The molecule has 0 saturated heterocycles. The number of hydrogen-bond acceptors (Lipinski definition) is 3. The van der Waals surface area contributed by atoms with E-state index in [1.165, 1.54) is 5.56 Å². The minimum absolute atomic E-state index is 0.0875. The minimum atomic E-state index is 0.0875. The number of aromatic nitrogens is 2. The maximum absolute atomic E-state index is 11.6. The van der Waals surface area contributed by atoms with Crippen molar-refractivity contribution in [1.82, 2.24) is 9.97 Å². The molecule has 0 aliphatic carbocycles. The highest BCUT2D eigenvalue weighted by molar-refractivity contribution is 5.99. The predicted octanol–water partition coefficient (Wildman–Crippen LogP) is 1.78. The van der Waals surface area contributed by atoms with Crippen LogP contribution >= 0.6 is 0 Å². The van der Waals surface area contributed by atoms with Gasteiger partial charge in [0, 0.05) is 25.2 Å². The van der Waals surface area contributed by atoms with Crippen molar-refractivity contribution in [3.05, 3.63) is 53.5 Å². The largest absolute Gasteiger partial charge is 0.299 e. The van der Waals surface area contributed by atoms with Gasteiger partial charge in [-0.3, -0.25) is 9.69 Å². The smallest absolute Gasteiger partial charge is 0.232 e. The molecule has 4 heteroatoms. The van der Waals surface area contributed by atoms with E-state index in [0.717, 1.165) is 30.0 Å². The van der Waals surface area contributed by atoms with Crippen LogP contribution in [-0.4, -0.2) is 22.9 Å². The van der Waals surface area contributed by atoms with Crippen molar-refractivity contribution in [2.45, 2.75) is 19.3 Å². The number of carbonyl (C=O) groups excluding carboxylic acids is 1. The number of carbonyl (C=O) groups is 1. The molecule has 1 aromatic heterocycles.